The Morgan fingerprint density at radius 3 is 2.47 bits per heavy atom. The summed E-state index contributed by atoms with van der Waals surface area (Å²) in [4.78, 5) is 11.1. The Balaban J connectivity index is 2.23. The molecule has 1 aliphatic carbocycles. The highest BCUT2D eigenvalue weighted by molar-refractivity contribution is 6.31. The van der Waals surface area contributed by atoms with Gasteiger partial charge >= 0.3 is 0 Å². The number of rotatable bonds is 3. The summed E-state index contributed by atoms with van der Waals surface area (Å²) in [5, 5.41) is 0.848. The maximum Gasteiger partial charge on any atom is 0.152 e. The van der Waals surface area contributed by atoms with E-state index in [-0.39, 0.29) is 5.78 Å². The molecule has 2 heteroatoms. The Labute approximate surface area is 120 Å². The van der Waals surface area contributed by atoms with E-state index in [4.69, 9.17) is 11.6 Å². The maximum atomic E-state index is 11.1. The molecular formula is C17H21ClO. The Morgan fingerprint density at radius 2 is 1.89 bits per heavy atom. The lowest BCUT2D eigenvalue weighted by Gasteiger charge is -2.23. The summed E-state index contributed by atoms with van der Waals surface area (Å²) in [6, 6.07) is 6.23. The first-order chi connectivity index (χ1) is 9.08. The van der Waals surface area contributed by atoms with E-state index in [0.29, 0.717) is 5.92 Å². The van der Waals surface area contributed by atoms with Crippen LogP contribution in [0, 0.1) is 0 Å². The lowest BCUT2D eigenvalue weighted by Crippen LogP contribution is -2.05. The van der Waals surface area contributed by atoms with Gasteiger partial charge in [-0.1, -0.05) is 43.0 Å². The predicted octanol–water partition coefficient (Wildman–Crippen LogP) is 5.38. The van der Waals surface area contributed by atoms with Crippen molar-refractivity contribution in [1.82, 2.24) is 0 Å². The standard InChI is InChI=1S/C17H21ClO/c1-12(10-13(2)19)15-8-9-16(17(18)11-15)14-6-4-3-5-7-14/h8-11,14H,3-7H2,1-2H3. The average molecular weight is 277 g/mol. The van der Waals surface area contributed by atoms with E-state index < -0.39 is 0 Å². The monoisotopic (exact) mass is 276 g/mol. The molecule has 19 heavy (non-hydrogen) atoms. The Bertz CT molecular complexity index is 496. The van der Waals surface area contributed by atoms with Crippen LogP contribution in [0.25, 0.3) is 5.57 Å². The fourth-order valence-corrected chi connectivity index (χ4v) is 3.24. The zero-order valence-electron chi connectivity index (χ0n) is 11.7. The van der Waals surface area contributed by atoms with Gasteiger partial charge in [0.05, 0.1) is 0 Å². The highest BCUT2D eigenvalue weighted by Crippen LogP contribution is 2.37. The van der Waals surface area contributed by atoms with Crippen LogP contribution in [0.15, 0.2) is 24.3 Å². The number of hydrogen-bond acceptors (Lipinski definition) is 1. The van der Waals surface area contributed by atoms with Gasteiger partial charge in [-0.15, -0.1) is 0 Å². The normalized spacial score (nSPS) is 17.5. The van der Waals surface area contributed by atoms with Crippen LogP contribution >= 0.6 is 11.6 Å². The van der Waals surface area contributed by atoms with E-state index in [9.17, 15) is 4.79 Å². The Kier molecular flexibility index (Phi) is 4.81. The van der Waals surface area contributed by atoms with Crippen LogP contribution in [-0.4, -0.2) is 5.78 Å². The van der Waals surface area contributed by atoms with Crippen molar-refractivity contribution in [3.8, 4) is 0 Å². The van der Waals surface area contributed by atoms with E-state index in [1.54, 1.807) is 13.0 Å². The molecule has 1 aliphatic rings. The van der Waals surface area contributed by atoms with Gasteiger partial charge in [-0.25, -0.2) is 0 Å². The molecule has 0 saturated heterocycles. The van der Waals surface area contributed by atoms with Gasteiger partial charge in [0.25, 0.3) is 0 Å². The second-order valence-corrected chi connectivity index (χ2v) is 5.92. The van der Waals surface area contributed by atoms with Crippen molar-refractivity contribution in [2.45, 2.75) is 51.9 Å². The van der Waals surface area contributed by atoms with Gasteiger partial charge < -0.3 is 0 Å². The van der Waals surface area contributed by atoms with E-state index >= 15 is 0 Å². The smallest absolute Gasteiger partial charge is 0.152 e. The van der Waals surface area contributed by atoms with Crippen LogP contribution < -0.4 is 0 Å². The lowest BCUT2D eigenvalue weighted by atomic mass is 9.83. The van der Waals surface area contributed by atoms with Gasteiger partial charge in [-0.3, -0.25) is 4.79 Å². The molecule has 2 rings (SSSR count). The van der Waals surface area contributed by atoms with Gasteiger partial charge in [-0.2, -0.15) is 0 Å². The number of allylic oxidation sites excluding steroid dienone is 2. The quantitative estimate of drug-likeness (QED) is 0.677. The van der Waals surface area contributed by atoms with Crippen molar-refractivity contribution in [3.63, 3.8) is 0 Å². The minimum Gasteiger partial charge on any atom is -0.295 e. The van der Waals surface area contributed by atoms with Gasteiger partial charge in [0, 0.05) is 5.02 Å². The van der Waals surface area contributed by atoms with Gasteiger partial charge in [0.1, 0.15) is 0 Å². The zero-order chi connectivity index (χ0) is 13.8. The topological polar surface area (TPSA) is 17.1 Å². The molecule has 0 bridgehead atoms. The minimum atomic E-state index is 0.0741. The zero-order valence-corrected chi connectivity index (χ0v) is 12.5. The van der Waals surface area contributed by atoms with Crippen LogP contribution in [0.4, 0.5) is 0 Å². The lowest BCUT2D eigenvalue weighted by molar-refractivity contribution is -0.112. The first-order valence-electron chi connectivity index (χ1n) is 7.06. The largest absolute Gasteiger partial charge is 0.295 e. The van der Waals surface area contributed by atoms with E-state index in [1.807, 2.05) is 13.0 Å². The summed E-state index contributed by atoms with van der Waals surface area (Å²) in [7, 11) is 0. The van der Waals surface area contributed by atoms with Crippen LogP contribution in [-0.2, 0) is 4.79 Å². The third-order valence-electron chi connectivity index (χ3n) is 3.92. The van der Waals surface area contributed by atoms with Crippen molar-refractivity contribution in [2.75, 3.05) is 0 Å². The van der Waals surface area contributed by atoms with Gasteiger partial charge in [0.15, 0.2) is 5.78 Å². The summed E-state index contributed by atoms with van der Waals surface area (Å²) in [6.07, 6.45) is 8.14. The fraction of sp³-hybridized carbons (Fsp3) is 0.471. The second kappa shape index (κ2) is 6.38. The molecule has 0 aliphatic heterocycles. The van der Waals surface area contributed by atoms with E-state index in [0.717, 1.165) is 16.2 Å². The van der Waals surface area contributed by atoms with Crippen molar-refractivity contribution >= 4 is 23.0 Å². The van der Waals surface area contributed by atoms with Crippen LogP contribution in [0.1, 0.15) is 63.0 Å². The van der Waals surface area contributed by atoms with Crippen molar-refractivity contribution in [1.29, 1.82) is 0 Å². The van der Waals surface area contributed by atoms with Crippen LogP contribution in [0.2, 0.25) is 5.02 Å². The van der Waals surface area contributed by atoms with E-state index in [2.05, 4.69) is 12.1 Å². The molecule has 0 heterocycles. The molecule has 0 atom stereocenters. The van der Waals surface area contributed by atoms with E-state index in [1.165, 1.54) is 37.7 Å². The summed E-state index contributed by atoms with van der Waals surface area (Å²) < 4.78 is 0. The Hall–Kier alpha value is -1.08. The summed E-state index contributed by atoms with van der Waals surface area (Å²) in [5.41, 5.74) is 3.30. The minimum absolute atomic E-state index is 0.0741. The van der Waals surface area contributed by atoms with Crippen molar-refractivity contribution in [3.05, 3.63) is 40.4 Å². The first kappa shape index (κ1) is 14.3. The number of halogens is 1. The number of hydrogen-bond donors (Lipinski definition) is 0. The molecule has 1 aromatic carbocycles. The second-order valence-electron chi connectivity index (χ2n) is 5.51. The molecule has 0 amide bonds. The summed E-state index contributed by atoms with van der Waals surface area (Å²) in [5.74, 6) is 0.692. The van der Waals surface area contributed by atoms with Crippen molar-refractivity contribution < 1.29 is 4.79 Å². The molecule has 0 N–H and O–H groups in total. The molecule has 102 valence electrons. The average Bonchev–Trinajstić information content (AvgIpc) is 2.38. The molecule has 0 radical (unpaired) electrons. The molecular weight excluding hydrogens is 256 g/mol. The van der Waals surface area contributed by atoms with Gasteiger partial charge in [0.2, 0.25) is 0 Å². The molecule has 1 saturated carbocycles. The SMILES string of the molecule is CC(=O)C=C(C)c1ccc(C2CCCCC2)c(Cl)c1. The highest BCUT2D eigenvalue weighted by Gasteiger charge is 2.18. The molecule has 0 spiro atoms. The summed E-state index contributed by atoms with van der Waals surface area (Å²) in [6.45, 7) is 3.52. The molecule has 1 aromatic rings. The third kappa shape index (κ3) is 3.70. The number of benzene rings is 1. The summed E-state index contributed by atoms with van der Waals surface area (Å²) >= 11 is 6.43. The highest BCUT2D eigenvalue weighted by atomic mass is 35.5. The maximum absolute atomic E-state index is 11.1. The van der Waals surface area contributed by atoms with Crippen molar-refractivity contribution in [2.24, 2.45) is 0 Å². The number of carbonyl (C=O) groups is 1. The van der Waals surface area contributed by atoms with Gasteiger partial charge in [-0.05, 0) is 61.4 Å². The third-order valence-corrected chi connectivity index (χ3v) is 4.25. The van der Waals surface area contributed by atoms with Crippen LogP contribution in [0.5, 0.6) is 0 Å². The first-order valence-corrected chi connectivity index (χ1v) is 7.44. The molecule has 1 nitrogen and oxygen atoms in total. The number of carbonyl (C=O) groups excluding carboxylic acids is 1. The fourth-order valence-electron chi connectivity index (χ4n) is 2.91. The molecule has 0 aromatic heterocycles. The molecule has 1 fully saturated rings. The van der Waals surface area contributed by atoms with Crippen LogP contribution in [0.3, 0.4) is 0 Å². The number of ketones is 1. The predicted molar refractivity (Wildman–Crippen MR) is 81.6 cm³/mol. The molecule has 0 unspecified atom stereocenters. The Morgan fingerprint density at radius 1 is 1.21 bits per heavy atom.